The molecule has 0 aromatic rings. The molecule has 0 radical (unpaired) electrons. The summed E-state index contributed by atoms with van der Waals surface area (Å²) in [5.74, 6) is 0.881. The van der Waals surface area contributed by atoms with Crippen molar-refractivity contribution in [3.05, 3.63) is 0 Å². The molecule has 0 spiro atoms. The van der Waals surface area contributed by atoms with Crippen LogP contribution in [0.1, 0.15) is 51.4 Å². The Morgan fingerprint density at radius 2 is 1.83 bits per heavy atom. The van der Waals surface area contributed by atoms with Gasteiger partial charge >= 0.3 is 0 Å². The molecular formula is C11H18O. The fourth-order valence-electron chi connectivity index (χ4n) is 2.50. The summed E-state index contributed by atoms with van der Waals surface area (Å²) >= 11 is 0. The summed E-state index contributed by atoms with van der Waals surface area (Å²) in [5, 5.41) is 0. The van der Waals surface area contributed by atoms with Crippen LogP contribution in [0.3, 0.4) is 0 Å². The summed E-state index contributed by atoms with van der Waals surface area (Å²) in [6.45, 7) is 0. The first-order chi connectivity index (χ1) is 5.85. The lowest BCUT2D eigenvalue weighted by Crippen LogP contribution is -2.13. The van der Waals surface area contributed by atoms with Crippen molar-refractivity contribution in [2.75, 3.05) is 0 Å². The van der Waals surface area contributed by atoms with Gasteiger partial charge in [-0.05, 0) is 25.2 Å². The number of rotatable bonds is 3. The van der Waals surface area contributed by atoms with Crippen molar-refractivity contribution in [1.29, 1.82) is 0 Å². The number of carbonyl (C=O) groups excluding carboxylic acids is 1. The van der Waals surface area contributed by atoms with Gasteiger partial charge in [-0.25, -0.2) is 0 Å². The van der Waals surface area contributed by atoms with Crippen LogP contribution in [-0.2, 0) is 4.79 Å². The molecule has 2 fully saturated rings. The quantitative estimate of drug-likeness (QED) is 0.589. The Hall–Kier alpha value is -0.330. The highest BCUT2D eigenvalue weighted by Gasteiger charge is 2.43. The summed E-state index contributed by atoms with van der Waals surface area (Å²) in [5.41, 5.74) is 0.169. The van der Waals surface area contributed by atoms with Crippen LogP contribution in [0, 0.1) is 11.3 Å². The molecule has 12 heavy (non-hydrogen) atoms. The van der Waals surface area contributed by atoms with Gasteiger partial charge in [0.15, 0.2) is 0 Å². The van der Waals surface area contributed by atoms with Crippen LogP contribution in [0.2, 0.25) is 0 Å². The zero-order valence-electron chi connectivity index (χ0n) is 7.72. The summed E-state index contributed by atoms with van der Waals surface area (Å²) < 4.78 is 0. The first-order valence-electron chi connectivity index (χ1n) is 5.31. The van der Waals surface area contributed by atoms with E-state index in [2.05, 4.69) is 0 Å². The van der Waals surface area contributed by atoms with Crippen molar-refractivity contribution in [3.63, 3.8) is 0 Å². The van der Waals surface area contributed by atoms with Crippen LogP contribution in [0.15, 0.2) is 0 Å². The first-order valence-corrected chi connectivity index (χ1v) is 5.31. The monoisotopic (exact) mass is 166 g/mol. The zero-order valence-corrected chi connectivity index (χ0v) is 7.72. The van der Waals surface area contributed by atoms with Gasteiger partial charge in [-0.1, -0.05) is 32.1 Å². The van der Waals surface area contributed by atoms with E-state index in [0.29, 0.717) is 0 Å². The van der Waals surface area contributed by atoms with Crippen molar-refractivity contribution < 1.29 is 4.79 Å². The summed E-state index contributed by atoms with van der Waals surface area (Å²) in [4.78, 5) is 10.8. The average Bonchev–Trinajstić information content (AvgIpc) is 2.88. The lowest BCUT2D eigenvalue weighted by atomic mass is 9.82. The number of carbonyl (C=O) groups is 1. The maximum absolute atomic E-state index is 10.8. The van der Waals surface area contributed by atoms with Crippen LogP contribution in [0.5, 0.6) is 0 Å². The van der Waals surface area contributed by atoms with E-state index in [1.807, 2.05) is 0 Å². The van der Waals surface area contributed by atoms with E-state index in [0.717, 1.165) is 5.92 Å². The zero-order chi connectivity index (χ0) is 8.44. The molecule has 2 saturated carbocycles. The minimum absolute atomic E-state index is 0.169. The number of hydrogen-bond acceptors (Lipinski definition) is 1. The molecule has 2 rings (SSSR count). The van der Waals surface area contributed by atoms with Gasteiger partial charge in [0, 0.05) is 5.41 Å². The molecule has 0 aromatic heterocycles. The summed E-state index contributed by atoms with van der Waals surface area (Å²) in [6, 6.07) is 0. The Balaban J connectivity index is 1.81. The Morgan fingerprint density at radius 3 is 2.33 bits per heavy atom. The molecule has 2 aliphatic carbocycles. The highest BCUT2D eigenvalue weighted by atomic mass is 16.1. The van der Waals surface area contributed by atoms with Gasteiger partial charge < -0.3 is 4.79 Å². The maximum atomic E-state index is 10.8. The normalized spacial score (nSPS) is 28.3. The van der Waals surface area contributed by atoms with Crippen LogP contribution in [0.25, 0.3) is 0 Å². The van der Waals surface area contributed by atoms with E-state index in [9.17, 15) is 4.79 Å². The smallest absolute Gasteiger partial charge is 0.126 e. The van der Waals surface area contributed by atoms with Crippen molar-refractivity contribution in [2.45, 2.75) is 51.4 Å². The van der Waals surface area contributed by atoms with Gasteiger partial charge in [0.25, 0.3) is 0 Å². The molecule has 0 aromatic carbocycles. The fourth-order valence-corrected chi connectivity index (χ4v) is 2.50. The molecule has 2 aliphatic rings. The maximum Gasteiger partial charge on any atom is 0.126 e. The summed E-state index contributed by atoms with van der Waals surface area (Å²) in [6.07, 6.45) is 11.8. The Labute approximate surface area is 74.5 Å². The molecule has 0 amide bonds. The van der Waals surface area contributed by atoms with Crippen molar-refractivity contribution in [1.82, 2.24) is 0 Å². The molecular weight excluding hydrogens is 148 g/mol. The van der Waals surface area contributed by atoms with E-state index in [1.165, 1.54) is 57.7 Å². The van der Waals surface area contributed by atoms with Crippen LogP contribution < -0.4 is 0 Å². The van der Waals surface area contributed by atoms with Gasteiger partial charge in [0.05, 0.1) is 0 Å². The largest absolute Gasteiger partial charge is 0.303 e. The third kappa shape index (κ3) is 1.70. The third-order valence-corrected chi connectivity index (χ3v) is 3.56. The predicted octanol–water partition coefficient (Wildman–Crippen LogP) is 2.94. The van der Waals surface area contributed by atoms with Gasteiger partial charge in [0.2, 0.25) is 0 Å². The fraction of sp³-hybridized carbons (Fsp3) is 0.909. The van der Waals surface area contributed by atoms with E-state index in [-0.39, 0.29) is 5.41 Å². The molecule has 0 heterocycles. The predicted molar refractivity (Wildman–Crippen MR) is 48.9 cm³/mol. The van der Waals surface area contributed by atoms with E-state index >= 15 is 0 Å². The molecule has 0 aliphatic heterocycles. The standard InChI is InChI=1S/C11H18O/c12-9-11(6-7-11)8-10-4-2-1-3-5-10/h9-10H,1-8H2. The van der Waals surface area contributed by atoms with Crippen molar-refractivity contribution in [3.8, 4) is 0 Å². The van der Waals surface area contributed by atoms with Crippen molar-refractivity contribution in [2.24, 2.45) is 11.3 Å². The molecule has 0 bridgehead atoms. The third-order valence-electron chi connectivity index (χ3n) is 3.56. The van der Waals surface area contributed by atoms with Gasteiger partial charge in [-0.2, -0.15) is 0 Å². The molecule has 1 nitrogen and oxygen atoms in total. The Bertz CT molecular complexity index is 164. The van der Waals surface area contributed by atoms with Gasteiger partial charge in [0.1, 0.15) is 6.29 Å². The Morgan fingerprint density at radius 1 is 1.17 bits per heavy atom. The molecule has 0 N–H and O–H groups in total. The Kier molecular flexibility index (Phi) is 2.20. The second kappa shape index (κ2) is 3.20. The SMILES string of the molecule is O=CC1(CC2CCCCC2)CC1. The van der Waals surface area contributed by atoms with Crippen molar-refractivity contribution >= 4 is 6.29 Å². The molecule has 1 heteroatoms. The van der Waals surface area contributed by atoms with Crippen LogP contribution >= 0.6 is 0 Å². The van der Waals surface area contributed by atoms with E-state index in [1.54, 1.807) is 0 Å². The second-order valence-corrected chi connectivity index (χ2v) is 4.69. The minimum atomic E-state index is 0.169. The highest BCUT2D eigenvalue weighted by Crippen LogP contribution is 2.50. The molecule has 68 valence electrons. The van der Waals surface area contributed by atoms with Gasteiger partial charge in [-0.15, -0.1) is 0 Å². The van der Waals surface area contributed by atoms with Gasteiger partial charge in [-0.3, -0.25) is 0 Å². The van der Waals surface area contributed by atoms with Crippen LogP contribution in [0.4, 0.5) is 0 Å². The molecule has 0 saturated heterocycles. The summed E-state index contributed by atoms with van der Waals surface area (Å²) in [7, 11) is 0. The van der Waals surface area contributed by atoms with E-state index < -0.39 is 0 Å². The number of aldehydes is 1. The van der Waals surface area contributed by atoms with E-state index in [4.69, 9.17) is 0 Å². The first kappa shape index (κ1) is 8.28. The molecule has 0 unspecified atom stereocenters. The van der Waals surface area contributed by atoms with Crippen LogP contribution in [-0.4, -0.2) is 6.29 Å². The second-order valence-electron chi connectivity index (χ2n) is 4.69. The average molecular weight is 166 g/mol. The topological polar surface area (TPSA) is 17.1 Å². The lowest BCUT2D eigenvalue weighted by Gasteiger charge is -2.23. The highest BCUT2D eigenvalue weighted by molar-refractivity contribution is 5.63. The number of hydrogen-bond donors (Lipinski definition) is 0. The molecule has 0 atom stereocenters. The minimum Gasteiger partial charge on any atom is -0.303 e. The lowest BCUT2D eigenvalue weighted by molar-refractivity contribution is -0.112.